The van der Waals surface area contributed by atoms with E-state index >= 15 is 0 Å². The smallest absolute Gasteiger partial charge is 0.358 e. The molecule has 9 nitrogen and oxygen atoms in total. The lowest BCUT2D eigenvalue weighted by atomic mass is 10.2. The number of anilines is 1. The van der Waals surface area contributed by atoms with Gasteiger partial charge in [-0.05, 0) is 38.5 Å². The van der Waals surface area contributed by atoms with Crippen LogP contribution in [0.4, 0.5) is 11.5 Å². The van der Waals surface area contributed by atoms with Crippen molar-refractivity contribution in [2.24, 2.45) is 0 Å². The molecule has 0 aliphatic heterocycles. The summed E-state index contributed by atoms with van der Waals surface area (Å²) in [5, 5.41) is 22.2. The molecule has 0 aliphatic carbocycles. The Bertz CT molecular complexity index is 986. The van der Waals surface area contributed by atoms with Gasteiger partial charge in [0.15, 0.2) is 0 Å². The van der Waals surface area contributed by atoms with Crippen LogP contribution in [-0.4, -0.2) is 30.4 Å². The molecule has 2 heterocycles. The zero-order valence-corrected chi connectivity index (χ0v) is 16.2. The van der Waals surface area contributed by atoms with Crippen LogP contribution >= 0.6 is 27.5 Å². The van der Waals surface area contributed by atoms with Crippen molar-refractivity contribution >= 4 is 44.9 Å². The summed E-state index contributed by atoms with van der Waals surface area (Å²) in [5.41, 5.74) is 1.56. The molecular formula is C16H14BrClN6O3. The summed E-state index contributed by atoms with van der Waals surface area (Å²) in [6.45, 7) is 0.746. The Kier molecular flexibility index (Phi) is 5.87. The zero-order chi connectivity index (χ0) is 19.4. The van der Waals surface area contributed by atoms with Crippen molar-refractivity contribution in [1.82, 2.24) is 19.6 Å². The first kappa shape index (κ1) is 19.1. The lowest BCUT2D eigenvalue weighted by Gasteiger charge is -2.03. The zero-order valence-electron chi connectivity index (χ0n) is 13.9. The Morgan fingerprint density at radius 2 is 2.15 bits per heavy atom. The standard InChI is InChI=1S/C16H14BrClN6O3/c17-14-10-22(21-16(14)24(26)27)5-4-15(25)20-13-7-19-23(9-13)8-11-2-1-3-12(18)6-11/h1-3,6-7,9-10H,4-5,8H2,(H,20,25). The van der Waals surface area contributed by atoms with Crippen molar-refractivity contribution in [3.05, 3.63) is 68.0 Å². The number of nitro groups is 1. The van der Waals surface area contributed by atoms with E-state index in [1.165, 1.54) is 10.9 Å². The number of aryl methyl sites for hydroxylation is 1. The van der Waals surface area contributed by atoms with Gasteiger partial charge >= 0.3 is 5.82 Å². The number of halogens is 2. The summed E-state index contributed by atoms with van der Waals surface area (Å²) in [4.78, 5) is 22.3. The number of aromatic nitrogens is 4. The Balaban J connectivity index is 1.53. The van der Waals surface area contributed by atoms with Crippen LogP contribution < -0.4 is 5.32 Å². The number of rotatable bonds is 7. The average Bonchev–Trinajstić information content (AvgIpc) is 3.19. The largest absolute Gasteiger partial charge is 0.404 e. The highest BCUT2D eigenvalue weighted by atomic mass is 79.9. The summed E-state index contributed by atoms with van der Waals surface area (Å²) in [6, 6.07) is 7.45. The molecule has 3 rings (SSSR count). The third kappa shape index (κ3) is 5.14. The first-order valence-corrected chi connectivity index (χ1v) is 9.02. The van der Waals surface area contributed by atoms with E-state index in [4.69, 9.17) is 11.6 Å². The molecule has 1 amide bonds. The number of amides is 1. The second kappa shape index (κ2) is 8.31. The molecule has 0 radical (unpaired) electrons. The van der Waals surface area contributed by atoms with E-state index in [0.29, 0.717) is 17.3 Å². The van der Waals surface area contributed by atoms with Crippen LogP contribution in [0.1, 0.15) is 12.0 Å². The molecule has 11 heteroatoms. The number of nitrogens with one attached hydrogen (secondary N) is 1. The van der Waals surface area contributed by atoms with Gasteiger partial charge in [-0.1, -0.05) is 23.7 Å². The van der Waals surface area contributed by atoms with Gasteiger partial charge in [0, 0.05) is 17.6 Å². The fraction of sp³-hybridized carbons (Fsp3) is 0.188. The molecule has 2 aromatic heterocycles. The number of carbonyl (C=O) groups excluding carboxylic acids is 1. The normalized spacial score (nSPS) is 10.7. The second-order valence-electron chi connectivity index (χ2n) is 5.68. The van der Waals surface area contributed by atoms with Crippen LogP contribution in [-0.2, 0) is 17.9 Å². The van der Waals surface area contributed by atoms with Crippen molar-refractivity contribution in [2.75, 3.05) is 5.32 Å². The molecular weight excluding hydrogens is 440 g/mol. The van der Waals surface area contributed by atoms with Crippen LogP contribution in [0.15, 0.2) is 47.3 Å². The van der Waals surface area contributed by atoms with E-state index in [1.54, 1.807) is 23.1 Å². The number of hydrogen-bond donors (Lipinski definition) is 1. The van der Waals surface area contributed by atoms with Gasteiger partial charge in [0.2, 0.25) is 5.91 Å². The molecule has 140 valence electrons. The fourth-order valence-electron chi connectivity index (χ4n) is 2.40. The molecule has 0 aliphatic rings. The van der Waals surface area contributed by atoms with Gasteiger partial charge in [0.1, 0.15) is 4.47 Å². The maximum Gasteiger partial charge on any atom is 0.404 e. The summed E-state index contributed by atoms with van der Waals surface area (Å²) in [5.74, 6) is -0.524. The van der Waals surface area contributed by atoms with Gasteiger partial charge in [-0.15, -0.1) is 0 Å². The highest BCUT2D eigenvalue weighted by Gasteiger charge is 2.18. The van der Waals surface area contributed by atoms with E-state index in [0.717, 1.165) is 5.56 Å². The molecule has 3 aromatic rings. The maximum absolute atomic E-state index is 12.1. The monoisotopic (exact) mass is 452 g/mol. The Labute approximate surface area is 167 Å². The van der Waals surface area contributed by atoms with E-state index < -0.39 is 4.92 Å². The average molecular weight is 454 g/mol. The molecule has 1 N–H and O–H groups in total. The molecule has 0 bridgehead atoms. The van der Waals surface area contributed by atoms with Crippen molar-refractivity contribution in [2.45, 2.75) is 19.5 Å². The van der Waals surface area contributed by atoms with Crippen LogP contribution in [0, 0.1) is 10.1 Å². The predicted molar refractivity (Wildman–Crippen MR) is 103 cm³/mol. The van der Waals surface area contributed by atoms with E-state index in [9.17, 15) is 14.9 Å². The Morgan fingerprint density at radius 3 is 2.85 bits per heavy atom. The first-order chi connectivity index (χ1) is 12.9. The van der Waals surface area contributed by atoms with E-state index in [1.807, 2.05) is 18.2 Å². The molecule has 0 saturated heterocycles. The van der Waals surface area contributed by atoms with Crippen LogP contribution in [0.5, 0.6) is 0 Å². The quantitative estimate of drug-likeness (QED) is 0.435. The van der Waals surface area contributed by atoms with E-state index in [-0.39, 0.29) is 29.2 Å². The lowest BCUT2D eigenvalue weighted by molar-refractivity contribution is -0.390. The minimum atomic E-state index is -0.588. The SMILES string of the molecule is O=C(CCn1cc(Br)c([N+](=O)[O-])n1)Nc1cnn(Cc2cccc(Cl)c2)c1. The highest BCUT2D eigenvalue weighted by Crippen LogP contribution is 2.22. The molecule has 0 spiro atoms. The molecule has 1 aromatic carbocycles. The van der Waals surface area contributed by atoms with Gasteiger partial charge in [0.25, 0.3) is 0 Å². The van der Waals surface area contributed by atoms with E-state index in [2.05, 4.69) is 31.4 Å². The van der Waals surface area contributed by atoms with Crippen molar-refractivity contribution in [1.29, 1.82) is 0 Å². The predicted octanol–water partition coefficient (Wildman–Crippen LogP) is 3.48. The molecule has 0 saturated carbocycles. The first-order valence-electron chi connectivity index (χ1n) is 7.85. The van der Waals surface area contributed by atoms with Crippen molar-refractivity contribution in [3.63, 3.8) is 0 Å². The minimum Gasteiger partial charge on any atom is -0.358 e. The summed E-state index contributed by atoms with van der Waals surface area (Å²) >= 11 is 9.03. The highest BCUT2D eigenvalue weighted by molar-refractivity contribution is 9.10. The number of carbonyl (C=O) groups is 1. The van der Waals surface area contributed by atoms with Gasteiger partial charge in [-0.2, -0.15) is 9.78 Å². The number of hydrogen-bond acceptors (Lipinski definition) is 5. The summed E-state index contributed by atoms with van der Waals surface area (Å²) in [6.07, 6.45) is 4.85. The molecule has 0 atom stereocenters. The maximum atomic E-state index is 12.1. The summed E-state index contributed by atoms with van der Waals surface area (Å²) < 4.78 is 3.31. The topological polar surface area (TPSA) is 108 Å². The van der Waals surface area contributed by atoms with Gasteiger partial charge in [-0.25, -0.2) is 0 Å². The molecule has 0 unspecified atom stereocenters. The number of nitrogens with zero attached hydrogens (tertiary/aromatic N) is 5. The number of benzene rings is 1. The molecule has 0 fully saturated rings. The van der Waals surface area contributed by atoms with Gasteiger partial charge in [0.05, 0.1) is 36.3 Å². The Hall–Kier alpha value is -2.72. The minimum absolute atomic E-state index is 0.116. The third-order valence-electron chi connectivity index (χ3n) is 3.59. The summed E-state index contributed by atoms with van der Waals surface area (Å²) in [7, 11) is 0. The molecule has 27 heavy (non-hydrogen) atoms. The van der Waals surface area contributed by atoms with Gasteiger partial charge < -0.3 is 15.4 Å². The second-order valence-corrected chi connectivity index (χ2v) is 6.97. The van der Waals surface area contributed by atoms with Crippen LogP contribution in [0.3, 0.4) is 0 Å². The van der Waals surface area contributed by atoms with Crippen LogP contribution in [0.25, 0.3) is 0 Å². The third-order valence-corrected chi connectivity index (χ3v) is 4.39. The lowest BCUT2D eigenvalue weighted by Crippen LogP contribution is -2.14. The van der Waals surface area contributed by atoms with Crippen LogP contribution in [0.2, 0.25) is 5.02 Å². The Morgan fingerprint density at radius 1 is 1.33 bits per heavy atom. The fourth-order valence-corrected chi connectivity index (χ4v) is 3.08. The van der Waals surface area contributed by atoms with Gasteiger partial charge in [-0.3, -0.25) is 9.48 Å². The van der Waals surface area contributed by atoms with Crippen molar-refractivity contribution < 1.29 is 9.72 Å². The van der Waals surface area contributed by atoms with Crippen molar-refractivity contribution in [3.8, 4) is 0 Å².